The summed E-state index contributed by atoms with van der Waals surface area (Å²) in [5.74, 6) is -0.224. The Hall–Kier alpha value is -4.27. The lowest BCUT2D eigenvalue weighted by atomic mass is 9.64. The molecule has 0 saturated carbocycles. The van der Waals surface area contributed by atoms with Gasteiger partial charge >= 0.3 is 5.69 Å². The minimum Gasteiger partial charge on any atom is -0.496 e. The van der Waals surface area contributed by atoms with E-state index in [1.165, 1.54) is 6.08 Å². The van der Waals surface area contributed by atoms with Crippen molar-refractivity contribution >= 4 is 0 Å². The SMILES string of the molecule is COc1ccccc1C(c1ccccc1)(c1ccccc1)C(O)[C@@H]1C=C(F)[C@H](n2ccc(=O)[nH]c2=O)O1. The van der Waals surface area contributed by atoms with Crippen molar-refractivity contribution in [3.8, 4) is 5.75 Å². The van der Waals surface area contributed by atoms with Crippen molar-refractivity contribution in [2.75, 3.05) is 7.11 Å². The zero-order chi connectivity index (χ0) is 26.0. The Morgan fingerprint density at radius 1 is 0.946 bits per heavy atom. The van der Waals surface area contributed by atoms with Crippen molar-refractivity contribution in [2.45, 2.75) is 23.9 Å². The van der Waals surface area contributed by atoms with E-state index in [0.717, 1.165) is 28.0 Å². The summed E-state index contributed by atoms with van der Waals surface area (Å²) in [5, 5.41) is 12.2. The number of rotatable bonds is 7. The van der Waals surface area contributed by atoms with Crippen molar-refractivity contribution in [2.24, 2.45) is 0 Å². The molecular formula is C29H25FN2O5. The van der Waals surface area contributed by atoms with Crippen molar-refractivity contribution in [3.05, 3.63) is 147 Å². The third-order valence-electron chi connectivity index (χ3n) is 6.69. The number of H-pyrrole nitrogens is 1. The van der Waals surface area contributed by atoms with Crippen molar-refractivity contribution in [3.63, 3.8) is 0 Å². The molecule has 1 unspecified atom stereocenters. The number of benzene rings is 3. The summed E-state index contributed by atoms with van der Waals surface area (Å²) >= 11 is 0. The molecule has 1 aromatic heterocycles. The van der Waals surface area contributed by atoms with Gasteiger partial charge in [0.25, 0.3) is 5.56 Å². The first-order chi connectivity index (χ1) is 18.0. The number of methoxy groups -OCH3 is 1. The predicted molar refractivity (Wildman–Crippen MR) is 136 cm³/mol. The second-order valence-electron chi connectivity index (χ2n) is 8.71. The molecule has 4 aromatic rings. The van der Waals surface area contributed by atoms with Crippen LogP contribution in [0.25, 0.3) is 0 Å². The Labute approximate surface area is 212 Å². The van der Waals surface area contributed by atoms with Crippen LogP contribution in [0.5, 0.6) is 5.75 Å². The number of aliphatic hydroxyl groups excluding tert-OH is 1. The van der Waals surface area contributed by atoms with Crippen molar-refractivity contribution in [1.29, 1.82) is 0 Å². The van der Waals surface area contributed by atoms with Gasteiger partial charge in [-0.15, -0.1) is 0 Å². The number of hydrogen-bond donors (Lipinski definition) is 2. The van der Waals surface area contributed by atoms with Crippen LogP contribution in [0.4, 0.5) is 4.39 Å². The van der Waals surface area contributed by atoms with Gasteiger partial charge < -0.3 is 14.6 Å². The number of para-hydroxylation sites is 1. The first-order valence-corrected chi connectivity index (χ1v) is 11.7. The molecule has 3 atom stereocenters. The fourth-order valence-electron chi connectivity index (χ4n) is 5.07. The van der Waals surface area contributed by atoms with Gasteiger partial charge in [0.1, 0.15) is 23.8 Å². The quantitative estimate of drug-likeness (QED) is 0.378. The molecule has 5 rings (SSSR count). The predicted octanol–water partition coefficient (Wildman–Crippen LogP) is 3.69. The van der Waals surface area contributed by atoms with Crippen LogP contribution in [0.3, 0.4) is 0 Å². The number of halogens is 1. The number of aliphatic hydroxyl groups is 1. The Morgan fingerprint density at radius 3 is 2.14 bits per heavy atom. The molecule has 0 fully saturated rings. The summed E-state index contributed by atoms with van der Waals surface area (Å²) < 4.78 is 27.9. The molecule has 0 bridgehead atoms. The van der Waals surface area contributed by atoms with Crippen LogP contribution in [0.1, 0.15) is 22.9 Å². The second kappa shape index (κ2) is 10.0. The molecule has 3 aromatic carbocycles. The second-order valence-corrected chi connectivity index (χ2v) is 8.71. The standard InChI is InChI=1S/C29H25FN2O5/c1-36-23-15-9-8-14-21(23)29(19-10-4-2-5-11-19,20-12-6-3-7-13-20)26(34)24-18-22(30)27(37-24)32-17-16-25(33)31-28(32)35/h2-18,24,26-27,34H,1H3,(H,31,33,35)/t24-,26?,27+/m0/s1. The number of nitrogens with zero attached hydrogens (tertiary/aromatic N) is 1. The van der Waals surface area contributed by atoms with E-state index in [1.54, 1.807) is 13.2 Å². The molecule has 7 nitrogen and oxygen atoms in total. The molecule has 0 saturated heterocycles. The molecular weight excluding hydrogens is 475 g/mol. The molecule has 1 aliphatic heterocycles. The third kappa shape index (κ3) is 4.20. The minimum absolute atomic E-state index is 0.533. The van der Waals surface area contributed by atoms with Crippen LogP contribution in [0, 0.1) is 0 Å². The summed E-state index contributed by atoms with van der Waals surface area (Å²) in [6.45, 7) is 0. The van der Waals surface area contributed by atoms with E-state index in [4.69, 9.17) is 9.47 Å². The zero-order valence-electron chi connectivity index (χ0n) is 20.0. The lowest BCUT2D eigenvalue weighted by molar-refractivity contribution is -0.0703. The number of hydrogen-bond acceptors (Lipinski definition) is 5. The van der Waals surface area contributed by atoms with E-state index < -0.39 is 40.9 Å². The highest BCUT2D eigenvalue weighted by Crippen LogP contribution is 2.48. The van der Waals surface area contributed by atoms with E-state index in [0.29, 0.717) is 11.3 Å². The molecule has 1 aliphatic rings. The highest BCUT2D eigenvalue weighted by molar-refractivity contribution is 5.57. The molecule has 0 spiro atoms. The molecule has 0 radical (unpaired) electrons. The normalized spacial score (nSPS) is 18.3. The number of aromatic amines is 1. The van der Waals surface area contributed by atoms with Crippen molar-refractivity contribution in [1.82, 2.24) is 9.55 Å². The van der Waals surface area contributed by atoms with E-state index in [2.05, 4.69) is 4.98 Å². The maximum Gasteiger partial charge on any atom is 0.330 e. The van der Waals surface area contributed by atoms with Gasteiger partial charge in [-0.05, 0) is 23.3 Å². The molecule has 188 valence electrons. The lowest BCUT2D eigenvalue weighted by Crippen LogP contribution is -2.48. The molecule has 0 aliphatic carbocycles. The van der Waals surface area contributed by atoms with Gasteiger partial charge in [-0.2, -0.15) is 0 Å². The summed E-state index contributed by atoms with van der Waals surface area (Å²) in [7, 11) is 1.55. The van der Waals surface area contributed by atoms with Crippen LogP contribution in [0.2, 0.25) is 0 Å². The largest absolute Gasteiger partial charge is 0.496 e. The van der Waals surface area contributed by atoms with Gasteiger partial charge in [0.2, 0.25) is 0 Å². The van der Waals surface area contributed by atoms with Gasteiger partial charge in [-0.25, -0.2) is 9.18 Å². The molecule has 2 N–H and O–H groups in total. The van der Waals surface area contributed by atoms with E-state index >= 15 is 4.39 Å². The van der Waals surface area contributed by atoms with Gasteiger partial charge in [0.15, 0.2) is 6.23 Å². The first kappa shape index (κ1) is 24.4. The highest BCUT2D eigenvalue weighted by Gasteiger charge is 2.50. The van der Waals surface area contributed by atoms with E-state index in [9.17, 15) is 14.7 Å². The van der Waals surface area contributed by atoms with Gasteiger partial charge in [0, 0.05) is 17.8 Å². The van der Waals surface area contributed by atoms with Crippen LogP contribution in [0.15, 0.2) is 119 Å². The van der Waals surface area contributed by atoms with Crippen LogP contribution in [-0.2, 0) is 10.2 Å². The first-order valence-electron chi connectivity index (χ1n) is 11.7. The molecule has 0 amide bonds. The minimum atomic E-state index is -1.44. The summed E-state index contributed by atoms with van der Waals surface area (Å²) in [4.78, 5) is 26.0. The Morgan fingerprint density at radius 2 is 1.54 bits per heavy atom. The zero-order valence-corrected chi connectivity index (χ0v) is 20.0. The van der Waals surface area contributed by atoms with Gasteiger partial charge in [-0.1, -0.05) is 78.9 Å². The Balaban J connectivity index is 1.71. The van der Waals surface area contributed by atoms with E-state index in [-0.39, 0.29) is 0 Å². The number of ether oxygens (including phenoxy) is 2. The van der Waals surface area contributed by atoms with Gasteiger partial charge in [-0.3, -0.25) is 14.3 Å². The molecule has 37 heavy (non-hydrogen) atoms. The number of nitrogens with one attached hydrogen (secondary N) is 1. The van der Waals surface area contributed by atoms with Gasteiger partial charge in [0.05, 0.1) is 12.5 Å². The van der Waals surface area contributed by atoms with E-state index in [1.807, 2.05) is 78.9 Å². The number of aromatic nitrogens is 2. The average molecular weight is 501 g/mol. The maximum atomic E-state index is 15.3. The third-order valence-corrected chi connectivity index (χ3v) is 6.69. The van der Waals surface area contributed by atoms with Crippen LogP contribution >= 0.6 is 0 Å². The van der Waals surface area contributed by atoms with Crippen LogP contribution in [-0.4, -0.2) is 34.0 Å². The Kier molecular flexibility index (Phi) is 6.60. The smallest absolute Gasteiger partial charge is 0.330 e. The topological polar surface area (TPSA) is 93.5 Å². The summed E-state index contributed by atoms with van der Waals surface area (Å²) in [6, 6.07) is 27.2. The fraction of sp³-hybridized carbons (Fsp3) is 0.172. The maximum absolute atomic E-state index is 15.3. The molecule has 8 heteroatoms. The van der Waals surface area contributed by atoms with Crippen molar-refractivity contribution < 1.29 is 19.0 Å². The Bertz CT molecular complexity index is 1490. The van der Waals surface area contributed by atoms with Crippen LogP contribution < -0.4 is 16.0 Å². The highest BCUT2D eigenvalue weighted by atomic mass is 19.1. The molecule has 2 heterocycles. The fourth-order valence-corrected chi connectivity index (χ4v) is 5.07. The summed E-state index contributed by atoms with van der Waals surface area (Å²) in [6.07, 6.45) is -1.62. The monoisotopic (exact) mass is 500 g/mol. The summed E-state index contributed by atoms with van der Waals surface area (Å²) in [5.41, 5.74) is -0.548. The average Bonchev–Trinajstić information content (AvgIpc) is 3.31. The lowest BCUT2D eigenvalue weighted by Gasteiger charge is -2.42.